The number of nitrogens with zero attached hydrogens (tertiary/aromatic N) is 2. The van der Waals surface area contributed by atoms with E-state index in [1.54, 1.807) is 0 Å². The van der Waals surface area contributed by atoms with Crippen molar-refractivity contribution in [1.29, 1.82) is 0 Å². The molecule has 2 saturated heterocycles. The lowest BCUT2D eigenvalue weighted by atomic mass is 10.1. The zero-order valence-electron chi connectivity index (χ0n) is 16.0. The number of halogens is 2. The predicted molar refractivity (Wildman–Crippen MR) is 121 cm³/mol. The van der Waals surface area contributed by atoms with Crippen LogP contribution in [0.3, 0.4) is 0 Å². The summed E-state index contributed by atoms with van der Waals surface area (Å²) in [5, 5.41) is 3.44. The lowest BCUT2D eigenvalue weighted by Crippen LogP contribution is -2.47. The number of likely N-dealkylation sites (tertiary alicyclic amines) is 1. The highest BCUT2D eigenvalue weighted by Crippen LogP contribution is 2.18. The molecule has 0 aliphatic carbocycles. The van der Waals surface area contributed by atoms with Crippen LogP contribution < -0.4 is 5.32 Å². The van der Waals surface area contributed by atoms with E-state index in [0.717, 1.165) is 74.9 Å². The second kappa shape index (κ2) is 12.3. The number of hydrogen-bond acceptors (Lipinski definition) is 4. The smallest absolute Gasteiger partial charge is 0.193 e. The van der Waals surface area contributed by atoms with E-state index in [9.17, 15) is 0 Å². The Morgan fingerprint density at radius 1 is 1.30 bits per heavy atom. The Kier molecular flexibility index (Phi) is 10.4. The van der Waals surface area contributed by atoms with Crippen molar-refractivity contribution in [3.05, 3.63) is 22.6 Å². The fraction of sp³-hybridized carbons (Fsp3) is 0.737. The minimum Gasteiger partial charge on any atom is -0.454 e. The van der Waals surface area contributed by atoms with Gasteiger partial charge in [0, 0.05) is 39.7 Å². The van der Waals surface area contributed by atoms with Gasteiger partial charge in [-0.1, -0.05) is 0 Å². The molecule has 3 heterocycles. The second-order valence-corrected chi connectivity index (χ2v) is 7.72. The first-order chi connectivity index (χ1) is 12.7. The van der Waals surface area contributed by atoms with Crippen LogP contribution in [0.1, 0.15) is 37.9 Å². The summed E-state index contributed by atoms with van der Waals surface area (Å²) in [6.07, 6.45) is 7.17. The Morgan fingerprint density at radius 2 is 2.11 bits per heavy atom. The third kappa shape index (κ3) is 7.55. The maximum absolute atomic E-state index is 6.10. The molecule has 0 aromatic carbocycles. The summed E-state index contributed by atoms with van der Waals surface area (Å²) in [7, 11) is 1.84. The Morgan fingerprint density at radius 3 is 2.74 bits per heavy atom. The minimum absolute atomic E-state index is 0. The molecule has 0 spiro atoms. The van der Waals surface area contributed by atoms with Gasteiger partial charge in [-0.3, -0.25) is 4.99 Å². The quantitative estimate of drug-likeness (QED) is 0.328. The van der Waals surface area contributed by atoms with Gasteiger partial charge in [-0.2, -0.15) is 0 Å². The van der Waals surface area contributed by atoms with Gasteiger partial charge in [-0.25, -0.2) is 0 Å². The van der Waals surface area contributed by atoms with Crippen molar-refractivity contribution in [1.82, 2.24) is 10.2 Å². The van der Waals surface area contributed by atoms with E-state index in [0.29, 0.717) is 12.2 Å². The summed E-state index contributed by atoms with van der Waals surface area (Å²) < 4.78 is 18.2. The van der Waals surface area contributed by atoms with Gasteiger partial charge in [0.25, 0.3) is 0 Å². The van der Waals surface area contributed by atoms with Crippen molar-refractivity contribution >= 4 is 45.9 Å². The van der Waals surface area contributed by atoms with Crippen LogP contribution in [0.4, 0.5) is 0 Å². The highest BCUT2D eigenvalue weighted by molar-refractivity contribution is 14.0. The van der Waals surface area contributed by atoms with Crippen LogP contribution in [0.2, 0.25) is 0 Å². The topological polar surface area (TPSA) is 59.2 Å². The highest BCUT2D eigenvalue weighted by atomic mass is 127. The third-order valence-electron chi connectivity index (χ3n) is 5.03. The largest absolute Gasteiger partial charge is 0.454 e. The van der Waals surface area contributed by atoms with E-state index in [1.807, 2.05) is 19.2 Å². The summed E-state index contributed by atoms with van der Waals surface area (Å²) in [6.45, 7) is 4.40. The standard InChI is InChI=1S/C19H30BrN3O3.HI/c1-21-19(22-10-7-16-5-6-18(20)26-16)23-11-8-15(9-12-23)25-14-17-4-2-3-13-24-17;/h5-6,15,17H,2-4,7-14H2,1H3,(H,21,22);1H. The maximum atomic E-state index is 6.10. The molecule has 0 radical (unpaired) electrons. The van der Waals surface area contributed by atoms with Gasteiger partial charge in [0.05, 0.1) is 18.8 Å². The molecule has 154 valence electrons. The summed E-state index contributed by atoms with van der Waals surface area (Å²) in [4.78, 5) is 6.74. The monoisotopic (exact) mass is 555 g/mol. The molecule has 1 aromatic heterocycles. The number of hydrogen-bond donors (Lipinski definition) is 1. The normalized spacial score (nSPS) is 21.8. The number of piperidine rings is 1. The van der Waals surface area contributed by atoms with Crippen LogP contribution in [-0.4, -0.2) is 63.0 Å². The van der Waals surface area contributed by atoms with E-state index in [-0.39, 0.29) is 24.0 Å². The fourth-order valence-electron chi connectivity index (χ4n) is 3.53. The lowest BCUT2D eigenvalue weighted by Gasteiger charge is -2.35. The van der Waals surface area contributed by atoms with Crippen LogP contribution in [0, 0.1) is 0 Å². The van der Waals surface area contributed by atoms with Crippen LogP contribution in [0.5, 0.6) is 0 Å². The zero-order chi connectivity index (χ0) is 18.2. The average Bonchev–Trinajstić information content (AvgIpc) is 3.10. The molecule has 2 aliphatic heterocycles. The molecular formula is C19H31BrIN3O3. The molecule has 6 nitrogen and oxygen atoms in total. The van der Waals surface area contributed by atoms with Crippen LogP contribution in [0.25, 0.3) is 0 Å². The molecule has 2 fully saturated rings. The zero-order valence-corrected chi connectivity index (χ0v) is 19.9. The Hall–Kier alpha value is -0.320. The number of guanidine groups is 1. The van der Waals surface area contributed by atoms with Crippen molar-refractivity contribution in [3.8, 4) is 0 Å². The minimum atomic E-state index is 0. The van der Waals surface area contributed by atoms with Crippen LogP contribution >= 0.6 is 39.9 Å². The highest BCUT2D eigenvalue weighted by Gasteiger charge is 2.23. The number of furan rings is 1. The molecule has 1 unspecified atom stereocenters. The summed E-state index contributed by atoms with van der Waals surface area (Å²) in [5.74, 6) is 1.93. The van der Waals surface area contributed by atoms with Crippen molar-refractivity contribution < 1.29 is 13.9 Å². The number of ether oxygens (including phenoxy) is 2. The van der Waals surface area contributed by atoms with Gasteiger partial charge in [0.1, 0.15) is 5.76 Å². The van der Waals surface area contributed by atoms with E-state index in [1.165, 1.54) is 12.8 Å². The Balaban J connectivity index is 0.00000261. The summed E-state index contributed by atoms with van der Waals surface area (Å²) in [5.41, 5.74) is 0. The van der Waals surface area contributed by atoms with Crippen LogP contribution in [0.15, 0.2) is 26.2 Å². The maximum Gasteiger partial charge on any atom is 0.193 e. The molecular weight excluding hydrogens is 525 g/mol. The van der Waals surface area contributed by atoms with Gasteiger partial charge in [-0.15, -0.1) is 24.0 Å². The summed E-state index contributed by atoms with van der Waals surface area (Å²) >= 11 is 3.33. The van der Waals surface area contributed by atoms with Crippen molar-refractivity contribution in [2.75, 3.05) is 39.9 Å². The lowest BCUT2D eigenvalue weighted by molar-refractivity contribution is -0.0721. The van der Waals surface area contributed by atoms with Crippen molar-refractivity contribution in [2.45, 2.75) is 50.7 Å². The Bertz CT molecular complexity index is 570. The van der Waals surface area contributed by atoms with E-state index in [4.69, 9.17) is 13.9 Å². The van der Waals surface area contributed by atoms with Crippen LogP contribution in [-0.2, 0) is 15.9 Å². The predicted octanol–water partition coefficient (Wildman–Crippen LogP) is 3.83. The molecule has 2 aliphatic rings. The molecule has 1 aromatic rings. The van der Waals surface area contributed by atoms with E-state index < -0.39 is 0 Å². The van der Waals surface area contributed by atoms with Gasteiger partial charge in [-0.05, 0) is 60.2 Å². The molecule has 0 saturated carbocycles. The van der Waals surface area contributed by atoms with Crippen molar-refractivity contribution in [3.63, 3.8) is 0 Å². The van der Waals surface area contributed by atoms with E-state index in [2.05, 4.69) is 31.1 Å². The molecule has 27 heavy (non-hydrogen) atoms. The number of aliphatic imine (C=N–C) groups is 1. The average molecular weight is 556 g/mol. The molecule has 0 amide bonds. The molecule has 0 bridgehead atoms. The molecule has 1 N–H and O–H groups in total. The first-order valence-corrected chi connectivity index (χ1v) is 10.5. The molecule has 1 atom stereocenters. The van der Waals surface area contributed by atoms with Crippen molar-refractivity contribution in [2.24, 2.45) is 4.99 Å². The number of nitrogens with one attached hydrogen (secondary N) is 1. The fourth-order valence-corrected chi connectivity index (χ4v) is 3.87. The first-order valence-electron chi connectivity index (χ1n) is 9.67. The Labute approximate surface area is 187 Å². The first kappa shape index (κ1) is 23.0. The molecule has 3 rings (SSSR count). The number of rotatable bonds is 6. The third-order valence-corrected chi connectivity index (χ3v) is 5.45. The molecule has 8 heteroatoms. The van der Waals surface area contributed by atoms with Gasteiger partial charge in [0.2, 0.25) is 0 Å². The van der Waals surface area contributed by atoms with Gasteiger partial charge in [0.15, 0.2) is 10.6 Å². The van der Waals surface area contributed by atoms with E-state index >= 15 is 0 Å². The second-order valence-electron chi connectivity index (χ2n) is 6.94. The van der Waals surface area contributed by atoms with Gasteiger partial charge < -0.3 is 24.1 Å². The summed E-state index contributed by atoms with van der Waals surface area (Å²) in [6, 6.07) is 3.92. The SMILES string of the molecule is CN=C(NCCc1ccc(Br)o1)N1CCC(OCC2CCCCO2)CC1.I. The van der Waals surface area contributed by atoms with Gasteiger partial charge >= 0.3 is 0 Å².